The van der Waals surface area contributed by atoms with Crippen LogP contribution in [0.15, 0.2) is 21.3 Å². The summed E-state index contributed by atoms with van der Waals surface area (Å²) in [5.41, 5.74) is 0. The van der Waals surface area contributed by atoms with Crippen molar-refractivity contribution in [3.05, 3.63) is 16.5 Å². The maximum atomic E-state index is 12.0. The molecule has 0 spiro atoms. The minimum atomic E-state index is -3.58. The van der Waals surface area contributed by atoms with E-state index in [2.05, 4.69) is 20.3 Å². The van der Waals surface area contributed by atoms with Crippen LogP contribution in [0.4, 0.5) is 0 Å². The number of sulfone groups is 1. The van der Waals surface area contributed by atoms with Crippen molar-refractivity contribution >= 4 is 72.7 Å². The average molecular weight is 559 g/mol. The van der Waals surface area contributed by atoms with Gasteiger partial charge in [0.15, 0.2) is 5.96 Å². The van der Waals surface area contributed by atoms with Crippen molar-refractivity contribution in [3.8, 4) is 0 Å². The molecule has 8 nitrogen and oxygen atoms in total. The molecule has 152 valence electrons. The van der Waals surface area contributed by atoms with Gasteiger partial charge in [-0.05, 0) is 25.5 Å². The van der Waals surface area contributed by atoms with Crippen molar-refractivity contribution in [2.45, 2.75) is 23.6 Å². The lowest BCUT2D eigenvalue weighted by atomic mass is 10.3. The van der Waals surface area contributed by atoms with Gasteiger partial charge < -0.3 is 10.6 Å². The third-order valence-electron chi connectivity index (χ3n) is 3.05. The Balaban J connectivity index is 0.00000625. The minimum Gasteiger partial charge on any atom is -0.355 e. The number of nitrogens with one attached hydrogen (secondary N) is 3. The van der Waals surface area contributed by atoms with Crippen LogP contribution in [0.1, 0.15) is 13.3 Å². The largest absolute Gasteiger partial charge is 0.355 e. The molecule has 0 fully saturated rings. The molecule has 0 bridgehead atoms. The standard InChI is InChI=1S/C13H23ClN4O4S3.HI/c1-10(6-9-24(3,19)20)18-13(15-2)16-7-8-17-25(21,22)12-5-4-11(14)23-12;/h4-5,10,17H,6-9H2,1-3H3,(H2,15,16,18);1H. The molecule has 0 saturated heterocycles. The van der Waals surface area contributed by atoms with Crippen molar-refractivity contribution < 1.29 is 16.8 Å². The molecule has 0 radical (unpaired) electrons. The van der Waals surface area contributed by atoms with Crippen LogP contribution >= 0.6 is 46.9 Å². The molecule has 1 unspecified atom stereocenters. The zero-order chi connectivity index (χ0) is 19.1. The number of halogens is 2. The number of nitrogens with zero attached hydrogens (tertiary/aromatic N) is 1. The van der Waals surface area contributed by atoms with Gasteiger partial charge in [-0.25, -0.2) is 21.6 Å². The number of rotatable bonds is 9. The zero-order valence-electron chi connectivity index (χ0n) is 14.7. The van der Waals surface area contributed by atoms with Crippen LogP contribution in [-0.4, -0.2) is 61.0 Å². The first-order valence-corrected chi connectivity index (χ1v) is 12.2. The van der Waals surface area contributed by atoms with Crippen LogP contribution < -0.4 is 15.4 Å². The summed E-state index contributed by atoms with van der Waals surface area (Å²) in [6, 6.07) is 2.89. The third-order valence-corrected chi connectivity index (χ3v) is 7.21. The van der Waals surface area contributed by atoms with Crippen molar-refractivity contribution in [2.75, 3.05) is 32.1 Å². The zero-order valence-corrected chi connectivity index (χ0v) is 20.2. The summed E-state index contributed by atoms with van der Waals surface area (Å²) in [7, 11) is -5.00. The highest BCUT2D eigenvalue weighted by molar-refractivity contribution is 14.0. The predicted molar refractivity (Wildman–Crippen MR) is 118 cm³/mol. The SMILES string of the molecule is CN=C(NCCNS(=O)(=O)c1ccc(Cl)s1)NC(C)CCS(C)(=O)=O.I. The highest BCUT2D eigenvalue weighted by Crippen LogP contribution is 2.25. The van der Waals surface area contributed by atoms with Crippen molar-refractivity contribution in [1.82, 2.24) is 15.4 Å². The molecule has 1 atom stereocenters. The van der Waals surface area contributed by atoms with Gasteiger partial charge in [-0.15, -0.1) is 35.3 Å². The summed E-state index contributed by atoms with van der Waals surface area (Å²) in [4.78, 5) is 4.02. The maximum Gasteiger partial charge on any atom is 0.250 e. The molecule has 0 aromatic carbocycles. The predicted octanol–water partition coefficient (Wildman–Crippen LogP) is 1.29. The van der Waals surface area contributed by atoms with Gasteiger partial charge in [0.1, 0.15) is 14.0 Å². The molecule has 3 N–H and O–H groups in total. The Kier molecular flexibility index (Phi) is 11.6. The fourth-order valence-corrected chi connectivity index (χ4v) is 5.11. The van der Waals surface area contributed by atoms with Gasteiger partial charge in [0.2, 0.25) is 10.0 Å². The van der Waals surface area contributed by atoms with E-state index in [9.17, 15) is 16.8 Å². The van der Waals surface area contributed by atoms with E-state index >= 15 is 0 Å². The highest BCUT2D eigenvalue weighted by Gasteiger charge is 2.16. The number of hydrogen-bond acceptors (Lipinski definition) is 6. The second-order valence-electron chi connectivity index (χ2n) is 5.42. The Hall–Kier alpha value is -0.150. The van der Waals surface area contributed by atoms with E-state index in [4.69, 9.17) is 11.6 Å². The van der Waals surface area contributed by atoms with Crippen LogP contribution in [0.25, 0.3) is 0 Å². The van der Waals surface area contributed by atoms with E-state index in [1.165, 1.54) is 18.4 Å². The second kappa shape index (κ2) is 11.6. The topological polar surface area (TPSA) is 117 Å². The van der Waals surface area contributed by atoms with Gasteiger partial charge in [0.25, 0.3) is 0 Å². The highest BCUT2D eigenvalue weighted by atomic mass is 127. The Morgan fingerprint density at radius 1 is 1.27 bits per heavy atom. The summed E-state index contributed by atoms with van der Waals surface area (Å²) in [6.07, 6.45) is 1.64. The quantitative estimate of drug-likeness (QED) is 0.182. The molecule has 0 amide bonds. The number of guanidine groups is 1. The summed E-state index contributed by atoms with van der Waals surface area (Å²) < 4.78 is 49.4. The van der Waals surface area contributed by atoms with E-state index in [0.29, 0.717) is 23.3 Å². The summed E-state index contributed by atoms with van der Waals surface area (Å²) in [5.74, 6) is 0.556. The summed E-state index contributed by atoms with van der Waals surface area (Å²) in [6.45, 7) is 2.33. The Morgan fingerprint density at radius 2 is 1.92 bits per heavy atom. The molecule has 1 rings (SSSR count). The lowest BCUT2D eigenvalue weighted by molar-refractivity contribution is 0.578. The van der Waals surface area contributed by atoms with E-state index in [0.717, 1.165) is 11.3 Å². The van der Waals surface area contributed by atoms with Crippen LogP contribution in [0.3, 0.4) is 0 Å². The van der Waals surface area contributed by atoms with Crippen molar-refractivity contribution in [2.24, 2.45) is 4.99 Å². The molecular formula is C13H24ClIN4O4S3. The van der Waals surface area contributed by atoms with Crippen molar-refractivity contribution in [3.63, 3.8) is 0 Å². The molecule has 0 aliphatic rings. The number of hydrogen-bond donors (Lipinski definition) is 3. The second-order valence-corrected chi connectivity index (χ2v) is 11.4. The van der Waals surface area contributed by atoms with Crippen molar-refractivity contribution in [1.29, 1.82) is 0 Å². The molecule has 1 aromatic rings. The van der Waals surface area contributed by atoms with E-state index in [1.807, 2.05) is 6.92 Å². The van der Waals surface area contributed by atoms with E-state index in [1.54, 1.807) is 7.05 Å². The number of aliphatic imine (C=N–C) groups is 1. The first-order valence-electron chi connectivity index (χ1n) is 7.43. The number of sulfonamides is 1. The van der Waals surface area contributed by atoms with Crippen LogP contribution in [0.5, 0.6) is 0 Å². The van der Waals surface area contributed by atoms with Gasteiger partial charge in [-0.1, -0.05) is 11.6 Å². The molecule has 1 aromatic heterocycles. The summed E-state index contributed by atoms with van der Waals surface area (Å²) in [5, 5.41) is 6.02. The Bertz CT molecular complexity index is 796. The van der Waals surface area contributed by atoms with E-state index < -0.39 is 19.9 Å². The van der Waals surface area contributed by atoms with Gasteiger partial charge in [-0.2, -0.15) is 0 Å². The van der Waals surface area contributed by atoms with E-state index in [-0.39, 0.29) is 46.5 Å². The Labute approximate surface area is 181 Å². The molecule has 1 heterocycles. The molecule has 0 aliphatic carbocycles. The molecule has 13 heteroatoms. The fraction of sp³-hybridized carbons (Fsp3) is 0.615. The lowest BCUT2D eigenvalue weighted by Crippen LogP contribution is -2.45. The van der Waals surface area contributed by atoms with Gasteiger partial charge in [-0.3, -0.25) is 4.99 Å². The molecular weight excluding hydrogens is 535 g/mol. The van der Waals surface area contributed by atoms with Gasteiger partial charge in [0.05, 0.1) is 10.1 Å². The monoisotopic (exact) mass is 558 g/mol. The summed E-state index contributed by atoms with van der Waals surface area (Å²) >= 11 is 6.73. The van der Waals surface area contributed by atoms with Crippen LogP contribution in [0.2, 0.25) is 4.34 Å². The first-order chi connectivity index (χ1) is 11.5. The smallest absolute Gasteiger partial charge is 0.250 e. The Morgan fingerprint density at radius 3 is 2.42 bits per heavy atom. The average Bonchev–Trinajstić information content (AvgIpc) is 2.95. The maximum absolute atomic E-state index is 12.0. The lowest BCUT2D eigenvalue weighted by Gasteiger charge is -2.17. The molecule has 26 heavy (non-hydrogen) atoms. The van der Waals surface area contributed by atoms with Gasteiger partial charge >= 0.3 is 0 Å². The fourth-order valence-electron chi connectivity index (χ4n) is 1.77. The van der Waals surface area contributed by atoms with Crippen LogP contribution in [-0.2, 0) is 19.9 Å². The minimum absolute atomic E-state index is 0. The van der Waals surface area contributed by atoms with Gasteiger partial charge in [0, 0.05) is 32.4 Å². The normalized spacial score (nSPS) is 13.8. The first kappa shape index (κ1) is 25.9. The van der Waals surface area contributed by atoms with Crippen LogP contribution in [0, 0.1) is 0 Å². The number of thiophene rings is 1. The molecule has 0 aliphatic heterocycles. The third kappa shape index (κ3) is 10.3. The molecule has 0 saturated carbocycles.